The first-order valence-electron chi connectivity index (χ1n) is 4.34. The van der Waals surface area contributed by atoms with Gasteiger partial charge in [0.05, 0.1) is 0 Å². The predicted molar refractivity (Wildman–Crippen MR) is 50.1 cm³/mol. The van der Waals surface area contributed by atoms with Crippen LogP contribution in [-0.2, 0) is 0 Å². The van der Waals surface area contributed by atoms with Gasteiger partial charge >= 0.3 is 5.51 Å². The zero-order valence-corrected chi connectivity index (χ0v) is 8.68. The monoisotopic (exact) mass is 232 g/mol. The van der Waals surface area contributed by atoms with Gasteiger partial charge in [-0.2, -0.15) is 13.2 Å². The minimum Gasteiger partial charge on any atom is -0.160 e. The molecule has 5 heteroatoms. The Morgan fingerprint density at radius 3 is 2.46 bits per heavy atom. The van der Waals surface area contributed by atoms with Crippen LogP contribution >= 0.6 is 23.4 Å². The first kappa shape index (κ1) is 11.5. The number of hydrogen-bond donors (Lipinski definition) is 0. The van der Waals surface area contributed by atoms with Crippen molar-refractivity contribution in [1.29, 1.82) is 0 Å². The Morgan fingerprint density at radius 1 is 1.31 bits per heavy atom. The van der Waals surface area contributed by atoms with E-state index in [1.807, 2.05) is 0 Å². The highest BCUT2D eigenvalue weighted by molar-refractivity contribution is 8.00. The highest BCUT2D eigenvalue weighted by Gasteiger charge is 2.30. The fourth-order valence-corrected chi connectivity index (χ4v) is 2.70. The normalized spacial score (nSPS) is 29.5. The van der Waals surface area contributed by atoms with Crippen LogP contribution in [-0.4, -0.2) is 16.6 Å². The summed E-state index contributed by atoms with van der Waals surface area (Å²) in [6, 6.07) is 0. The van der Waals surface area contributed by atoms with Crippen molar-refractivity contribution in [2.24, 2.45) is 5.92 Å². The molecule has 1 saturated carbocycles. The lowest BCUT2D eigenvalue weighted by molar-refractivity contribution is -0.0328. The van der Waals surface area contributed by atoms with Crippen molar-refractivity contribution in [2.75, 3.05) is 5.75 Å². The van der Waals surface area contributed by atoms with Crippen LogP contribution < -0.4 is 0 Å². The fourth-order valence-electron chi connectivity index (χ4n) is 1.64. The standard InChI is InChI=1S/C8H12ClF3S/c9-7-3-1-2-6(7)4-5-13-8(10,11)12/h6-7H,1-5H2. The van der Waals surface area contributed by atoms with Gasteiger partial charge in [-0.15, -0.1) is 11.6 Å². The summed E-state index contributed by atoms with van der Waals surface area (Å²) in [5, 5.41) is 0.105. The molecule has 0 amide bonds. The summed E-state index contributed by atoms with van der Waals surface area (Å²) < 4.78 is 35.3. The van der Waals surface area contributed by atoms with Crippen LogP contribution in [0.25, 0.3) is 0 Å². The Bertz CT molecular complexity index is 160. The molecule has 0 bridgehead atoms. The summed E-state index contributed by atoms with van der Waals surface area (Å²) >= 11 is 6.00. The van der Waals surface area contributed by atoms with E-state index >= 15 is 0 Å². The third kappa shape index (κ3) is 4.45. The number of alkyl halides is 4. The van der Waals surface area contributed by atoms with Crippen LogP contribution in [0.2, 0.25) is 0 Å². The maximum atomic E-state index is 11.8. The molecule has 0 aromatic carbocycles. The minimum atomic E-state index is -4.08. The summed E-state index contributed by atoms with van der Waals surface area (Å²) in [6.07, 6.45) is 3.61. The molecule has 0 aromatic heterocycles. The molecule has 13 heavy (non-hydrogen) atoms. The van der Waals surface area contributed by atoms with E-state index in [4.69, 9.17) is 11.6 Å². The second kappa shape index (κ2) is 4.78. The molecule has 1 aliphatic carbocycles. The summed E-state index contributed by atoms with van der Waals surface area (Å²) in [6.45, 7) is 0. The molecule has 78 valence electrons. The number of hydrogen-bond acceptors (Lipinski definition) is 1. The average Bonchev–Trinajstić information content (AvgIpc) is 2.34. The Hall–Kier alpha value is 0.430. The number of rotatable bonds is 3. The summed E-state index contributed by atoms with van der Waals surface area (Å²) in [7, 11) is 0. The fraction of sp³-hybridized carbons (Fsp3) is 1.00. The van der Waals surface area contributed by atoms with Gasteiger partial charge in [-0.1, -0.05) is 18.2 Å². The van der Waals surface area contributed by atoms with Crippen LogP contribution in [0.5, 0.6) is 0 Å². The number of thioether (sulfide) groups is 1. The zero-order valence-electron chi connectivity index (χ0n) is 7.11. The largest absolute Gasteiger partial charge is 0.441 e. The third-order valence-electron chi connectivity index (χ3n) is 2.32. The van der Waals surface area contributed by atoms with Gasteiger partial charge in [-0.05, 0) is 25.2 Å². The molecule has 0 nitrogen and oxygen atoms in total. The average molecular weight is 233 g/mol. The van der Waals surface area contributed by atoms with Crippen molar-refractivity contribution in [1.82, 2.24) is 0 Å². The molecule has 0 N–H and O–H groups in total. The van der Waals surface area contributed by atoms with Gasteiger partial charge in [0.1, 0.15) is 0 Å². The first-order chi connectivity index (χ1) is 5.99. The predicted octanol–water partition coefficient (Wildman–Crippen LogP) is 4.04. The molecule has 2 unspecified atom stereocenters. The van der Waals surface area contributed by atoms with Crippen LogP contribution in [0.3, 0.4) is 0 Å². The van der Waals surface area contributed by atoms with E-state index in [0.29, 0.717) is 12.3 Å². The van der Waals surface area contributed by atoms with E-state index in [1.165, 1.54) is 0 Å². The van der Waals surface area contributed by atoms with Crippen molar-refractivity contribution in [2.45, 2.75) is 36.6 Å². The zero-order chi connectivity index (χ0) is 9.90. The van der Waals surface area contributed by atoms with Crippen molar-refractivity contribution >= 4 is 23.4 Å². The van der Waals surface area contributed by atoms with Crippen LogP contribution in [0, 0.1) is 5.92 Å². The van der Waals surface area contributed by atoms with Gasteiger partial charge in [0.25, 0.3) is 0 Å². The lowest BCUT2D eigenvalue weighted by atomic mass is 10.1. The molecular formula is C8H12ClF3S. The summed E-state index contributed by atoms with van der Waals surface area (Å²) in [5.41, 5.74) is -4.08. The smallest absolute Gasteiger partial charge is 0.160 e. The van der Waals surface area contributed by atoms with E-state index in [0.717, 1.165) is 19.3 Å². The molecule has 0 spiro atoms. The molecular weight excluding hydrogens is 221 g/mol. The van der Waals surface area contributed by atoms with Crippen LogP contribution in [0.15, 0.2) is 0 Å². The van der Waals surface area contributed by atoms with Crippen LogP contribution in [0.1, 0.15) is 25.7 Å². The Kier molecular flexibility index (Phi) is 4.23. The topological polar surface area (TPSA) is 0 Å². The van der Waals surface area contributed by atoms with Gasteiger partial charge in [-0.25, -0.2) is 0 Å². The lowest BCUT2D eigenvalue weighted by Gasteiger charge is -2.13. The molecule has 0 aromatic rings. The Morgan fingerprint density at radius 2 is 2.00 bits per heavy atom. The number of halogens is 4. The van der Waals surface area contributed by atoms with Crippen molar-refractivity contribution in [3.8, 4) is 0 Å². The molecule has 0 heterocycles. The summed E-state index contributed by atoms with van der Waals surface area (Å²) in [5.74, 6) is 0.453. The SMILES string of the molecule is FC(F)(F)SCCC1CCCC1Cl. The Labute approximate surface area is 85.2 Å². The lowest BCUT2D eigenvalue weighted by Crippen LogP contribution is -2.10. The van der Waals surface area contributed by atoms with Gasteiger partial charge in [0.2, 0.25) is 0 Å². The van der Waals surface area contributed by atoms with E-state index in [1.54, 1.807) is 0 Å². The van der Waals surface area contributed by atoms with Gasteiger partial charge in [0.15, 0.2) is 0 Å². The van der Waals surface area contributed by atoms with Crippen molar-refractivity contribution in [3.05, 3.63) is 0 Å². The molecule has 1 rings (SSSR count). The van der Waals surface area contributed by atoms with Gasteiger partial charge < -0.3 is 0 Å². The highest BCUT2D eigenvalue weighted by Crippen LogP contribution is 2.36. The van der Waals surface area contributed by atoms with E-state index in [2.05, 4.69) is 0 Å². The maximum absolute atomic E-state index is 11.8. The second-order valence-corrected chi connectivity index (χ2v) is 5.01. The minimum absolute atomic E-state index is 0.0638. The molecule has 1 fully saturated rings. The quantitative estimate of drug-likeness (QED) is 0.662. The van der Waals surface area contributed by atoms with Crippen molar-refractivity contribution in [3.63, 3.8) is 0 Å². The van der Waals surface area contributed by atoms with Gasteiger partial charge in [-0.3, -0.25) is 0 Å². The van der Waals surface area contributed by atoms with E-state index in [9.17, 15) is 13.2 Å². The Balaban J connectivity index is 2.12. The molecule has 0 saturated heterocycles. The molecule has 0 radical (unpaired) electrons. The maximum Gasteiger partial charge on any atom is 0.441 e. The van der Waals surface area contributed by atoms with E-state index < -0.39 is 5.51 Å². The molecule has 0 aliphatic heterocycles. The van der Waals surface area contributed by atoms with Crippen molar-refractivity contribution < 1.29 is 13.2 Å². The van der Waals surface area contributed by atoms with Crippen LogP contribution in [0.4, 0.5) is 13.2 Å². The first-order valence-corrected chi connectivity index (χ1v) is 5.76. The highest BCUT2D eigenvalue weighted by atomic mass is 35.5. The van der Waals surface area contributed by atoms with E-state index in [-0.39, 0.29) is 22.9 Å². The third-order valence-corrected chi connectivity index (χ3v) is 3.66. The summed E-state index contributed by atoms with van der Waals surface area (Å²) in [4.78, 5) is 0. The molecule has 2 atom stereocenters. The molecule has 1 aliphatic rings. The second-order valence-electron chi connectivity index (χ2n) is 3.29. The van der Waals surface area contributed by atoms with Gasteiger partial charge in [0, 0.05) is 11.1 Å².